The summed E-state index contributed by atoms with van der Waals surface area (Å²) in [4.78, 5) is 12.0. The second-order valence-corrected chi connectivity index (χ2v) is 6.54. The van der Waals surface area contributed by atoms with Crippen LogP contribution >= 0.6 is 0 Å². The molecule has 3 nitrogen and oxygen atoms in total. The van der Waals surface area contributed by atoms with Gasteiger partial charge in [-0.2, -0.15) is 0 Å². The van der Waals surface area contributed by atoms with E-state index in [1.54, 1.807) is 0 Å². The molecule has 3 heteroatoms. The third kappa shape index (κ3) is 2.35. The molecule has 0 atom stereocenters. The summed E-state index contributed by atoms with van der Waals surface area (Å²) >= 11 is 0. The first kappa shape index (κ1) is 13.6. The first-order chi connectivity index (χ1) is 9.68. The molecule has 2 fully saturated rings. The van der Waals surface area contributed by atoms with Gasteiger partial charge >= 0.3 is 5.97 Å². The molecule has 2 aliphatic rings. The number of ether oxygens (including phenoxy) is 1. The lowest BCUT2D eigenvalue weighted by molar-refractivity contribution is -0.152. The fourth-order valence-corrected chi connectivity index (χ4v) is 4.13. The predicted molar refractivity (Wildman–Crippen MR) is 78.1 cm³/mol. The van der Waals surface area contributed by atoms with Gasteiger partial charge in [0.1, 0.15) is 0 Å². The maximum absolute atomic E-state index is 12.0. The third-order valence-corrected chi connectivity index (χ3v) is 5.27. The van der Waals surface area contributed by atoms with E-state index in [4.69, 9.17) is 4.74 Å². The highest BCUT2D eigenvalue weighted by Crippen LogP contribution is 2.61. The van der Waals surface area contributed by atoms with Gasteiger partial charge in [0.05, 0.1) is 12.5 Å². The molecule has 0 spiro atoms. The van der Waals surface area contributed by atoms with Crippen LogP contribution in [0.3, 0.4) is 0 Å². The maximum atomic E-state index is 12.0. The van der Waals surface area contributed by atoms with Crippen LogP contribution in [0.1, 0.15) is 37.7 Å². The van der Waals surface area contributed by atoms with Crippen molar-refractivity contribution in [2.75, 3.05) is 13.7 Å². The lowest BCUT2D eigenvalue weighted by Gasteiger charge is -2.27. The number of fused-ring (bicyclic) bond motifs is 2. The van der Waals surface area contributed by atoms with Crippen molar-refractivity contribution in [3.05, 3.63) is 35.9 Å². The molecule has 2 bridgehead atoms. The van der Waals surface area contributed by atoms with Crippen LogP contribution in [0.15, 0.2) is 30.3 Å². The minimum absolute atomic E-state index is 0.0138. The van der Waals surface area contributed by atoms with E-state index >= 15 is 0 Å². The summed E-state index contributed by atoms with van der Waals surface area (Å²) in [5, 5.41) is 3.58. The summed E-state index contributed by atoms with van der Waals surface area (Å²) in [7, 11) is 1.52. The Kier molecular flexibility index (Phi) is 3.55. The number of carbonyl (C=O) groups is 1. The van der Waals surface area contributed by atoms with Crippen molar-refractivity contribution < 1.29 is 9.53 Å². The van der Waals surface area contributed by atoms with Crippen molar-refractivity contribution >= 4 is 5.97 Å². The Morgan fingerprint density at radius 3 is 2.55 bits per heavy atom. The van der Waals surface area contributed by atoms with E-state index in [0.717, 1.165) is 45.2 Å². The van der Waals surface area contributed by atoms with E-state index in [-0.39, 0.29) is 11.4 Å². The van der Waals surface area contributed by atoms with Crippen LogP contribution in [0.25, 0.3) is 0 Å². The summed E-state index contributed by atoms with van der Waals surface area (Å²) in [6.45, 7) is 1.93. The Labute approximate surface area is 120 Å². The van der Waals surface area contributed by atoms with Crippen LogP contribution in [-0.4, -0.2) is 19.6 Å². The fourth-order valence-electron chi connectivity index (χ4n) is 4.13. The van der Waals surface area contributed by atoms with Gasteiger partial charge in [-0.15, -0.1) is 0 Å². The number of hydrogen-bond acceptors (Lipinski definition) is 3. The summed E-state index contributed by atoms with van der Waals surface area (Å²) < 4.78 is 5.01. The predicted octanol–water partition coefficient (Wildman–Crippen LogP) is 2.90. The van der Waals surface area contributed by atoms with Gasteiger partial charge in [0.15, 0.2) is 0 Å². The highest BCUT2D eigenvalue weighted by atomic mass is 16.5. The molecule has 0 radical (unpaired) electrons. The number of hydrogen-bond donors (Lipinski definition) is 1. The van der Waals surface area contributed by atoms with Gasteiger partial charge in [-0.25, -0.2) is 0 Å². The van der Waals surface area contributed by atoms with Crippen LogP contribution in [0.2, 0.25) is 0 Å². The van der Waals surface area contributed by atoms with E-state index < -0.39 is 0 Å². The van der Waals surface area contributed by atoms with Crippen molar-refractivity contribution in [2.45, 2.75) is 38.6 Å². The summed E-state index contributed by atoms with van der Waals surface area (Å²) in [6.07, 6.45) is 5.33. The SMILES string of the molecule is COC(=O)C12CCC(CNCc3ccccc3)(CC1)C2. The average Bonchev–Trinajstić information content (AvgIpc) is 3.05. The first-order valence-electron chi connectivity index (χ1n) is 7.51. The van der Waals surface area contributed by atoms with Crippen LogP contribution < -0.4 is 5.32 Å². The van der Waals surface area contributed by atoms with Gasteiger partial charge in [-0.05, 0) is 43.1 Å². The number of nitrogens with one attached hydrogen (secondary N) is 1. The van der Waals surface area contributed by atoms with Crippen molar-refractivity contribution in [1.29, 1.82) is 0 Å². The zero-order chi connectivity index (χ0) is 14.1. The van der Waals surface area contributed by atoms with E-state index in [2.05, 4.69) is 29.6 Å². The quantitative estimate of drug-likeness (QED) is 0.838. The molecule has 1 aromatic rings. The molecule has 108 valence electrons. The standard InChI is InChI=1S/C17H23NO2/c1-20-15(19)17-9-7-16(12-17,8-10-17)13-18-11-14-5-3-2-4-6-14/h2-6,18H,7-13H2,1H3. The largest absolute Gasteiger partial charge is 0.469 e. The number of carbonyl (C=O) groups excluding carboxylic acids is 1. The van der Waals surface area contributed by atoms with Gasteiger partial charge in [0, 0.05) is 13.1 Å². The third-order valence-electron chi connectivity index (χ3n) is 5.27. The molecule has 0 aromatic heterocycles. The van der Waals surface area contributed by atoms with Crippen LogP contribution in [0.5, 0.6) is 0 Å². The highest BCUT2D eigenvalue weighted by molar-refractivity contribution is 5.78. The Hall–Kier alpha value is -1.35. The molecular weight excluding hydrogens is 250 g/mol. The molecule has 0 aliphatic heterocycles. The number of rotatable bonds is 5. The van der Waals surface area contributed by atoms with Gasteiger partial charge < -0.3 is 10.1 Å². The normalized spacial score (nSPS) is 31.4. The molecule has 0 unspecified atom stereocenters. The molecule has 0 amide bonds. The minimum Gasteiger partial charge on any atom is -0.469 e. The van der Waals surface area contributed by atoms with Crippen molar-refractivity contribution in [3.8, 4) is 0 Å². The molecule has 1 N–H and O–H groups in total. The van der Waals surface area contributed by atoms with Gasteiger partial charge in [0.2, 0.25) is 0 Å². The molecule has 0 heterocycles. The van der Waals surface area contributed by atoms with Gasteiger partial charge in [0.25, 0.3) is 0 Å². The lowest BCUT2D eigenvalue weighted by atomic mass is 9.82. The fraction of sp³-hybridized carbons (Fsp3) is 0.588. The Morgan fingerprint density at radius 2 is 1.90 bits per heavy atom. The van der Waals surface area contributed by atoms with Crippen molar-refractivity contribution in [2.24, 2.45) is 10.8 Å². The molecule has 1 aromatic carbocycles. The zero-order valence-electron chi connectivity index (χ0n) is 12.2. The highest BCUT2D eigenvalue weighted by Gasteiger charge is 2.58. The number of esters is 1. The van der Waals surface area contributed by atoms with E-state index in [9.17, 15) is 4.79 Å². The lowest BCUT2D eigenvalue weighted by Crippen LogP contribution is -2.30. The van der Waals surface area contributed by atoms with E-state index in [0.29, 0.717) is 5.41 Å². The molecule has 3 rings (SSSR count). The van der Waals surface area contributed by atoms with E-state index in [1.807, 2.05) is 6.07 Å². The van der Waals surface area contributed by atoms with Crippen LogP contribution in [-0.2, 0) is 16.1 Å². The second-order valence-electron chi connectivity index (χ2n) is 6.54. The molecule has 2 saturated carbocycles. The van der Waals surface area contributed by atoms with Crippen LogP contribution in [0, 0.1) is 10.8 Å². The summed E-state index contributed by atoms with van der Waals surface area (Å²) in [5.41, 5.74) is 1.48. The molecular formula is C17H23NO2. The van der Waals surface area contributed by atoms with Crippen molar-refractivity contribution in [1.82, 2.24) is 5.32 Å². The Bertz CT molecular complexity index is 475. The van der Waals surface area contributed by atoms with Crippen LogP contribution in [0.4, 0.5) is 0 Å². The molecule has 2 aliphatic carbocycles. The molecule has 20 heavy (non-hydrogen) atoms. The van der Waals surface area contributed by atoms with E-state index in [1.165, 1.54) is 12.7 Å². The number of benzene rings is 1. The number of methoxy groups -OCH3 is 1. The Balaban J connectivity index is 1.56. The van der Waals surface area contributed by atoms with Gasteiger partial charge in [-0.1, -0.05) is 30.3 Å². The summed E-state index contributed by atoms with van der Waals surface area (Å²) in [5.74, 6) is 0.0138. The minimum atomic E-state index is -0.164. The average molecular weight is 273 g/mol. The monoisotopic (exact) mass is 273 g/mol. The maximum Gasteiger partial charge on any atom is 0.311 e. The molecule has 0 saturated heterocycles. The zero-order valence-corrected chi connectivity index (χ0v) is 12.2. The summed E-state index contributed by atoms with van der Waals surface area (Å²) in [6, 6.07) is 10.5. The van der Waals surface area contributed by atoms with Gasteiger partial charge in [-0.3, -0.25) is 4.79 Å². The smallest absolute Gasteiger partial charge is 0.311 e. The Morgan fingerprint density at radius 1 is 1.20 bits per heavy atom. The topological polar surface area (TPSA) is 38.3 Å². The second kappa shape index (κ2) is 5.21. The van der Waals surface area contributed by atoms with Crippen molar-refractivity contribution in [3.63, 3.8) is 0 Å². The first-order valence-corrected chi connectivity index (χ1v) is 7.51.